The monoisotopic (exact) mass is 501 g/mol. The van der Waals surface area contributed by atoms with Crippen LogP contribution in [-0.4, -0.2) is 51.2 Å². The fraction of sp³-hybridized carbons (Fsp3) is 0.458. The molecule has 1 heterocycles. The van der Waals surface area contributed by atoms with Crippen LogP contribution < -0.4 is 20.4 Å². The molecule has 3 N–H and O–H groups in total. The molecule has 1 aromatic carbocycles. The van der Waals surface area contributed by atoms with Crippen molar-refractivity contribution >= 4 is 38.9 Å². The smallest absolute Gasteiger partial charge is 0.278 e. The number of aryl methyl sites for hydroxylation is 1. The minimum Gasteiger partial charge on any atom is -0.353 e. The summed E-state index contributed by atoms with van der Waals surface area (Å²) in [7, 11) is -2.06. The van der Waals surface area contributed by atoms with Gasteiger partial charge in [0.15, 0.2) is 0 Å². The molecule has 0 atom stereocenters. The predicted octanol–water partition coefficient (Wildman–Crippen LogP) is 2.98. The molecule has 2 aliphatic carbocycles. The molecular weight excluding hydrogens is 470 g/mol. The van der Waals surface area contributed by atoms with Gasteiger partial charge < -0.3 is 10.6 Å². The normalized spacial score (nSPS) is 15.4. The lowest BCUT2D eigenvalue weighted by atomic mass is 10.0. The van der Waals surface area contributed by atoms with E-state index >= 15 is 0 Å². The number of pyridine rings is 1. The van der Waals surface area contributed by atoms with Crippen LogP contribution in [0, 0.1) is 6.92 Å². The molecule has 11 heteroatoms. The van der Waals surface area contributed by atoms with Gasteiger partial charge in [-0.15, -0.1) is 0 Å². The number of rotatable bonds is 10. The number of aromatic nitrogens is 1. The Bertz CT molecular complexity index is 1260. The zero-order valence-electron chi connectivity index (χ0n) is 20.3. The average Bonchev–Trinajstić information content (AvgIpc) is 3.72. The maximum absolute atomic E-state index is 12.8. The Morgan fingerprint density at radius 2 is 1.83 bits per heavy atom. The number of hydrogen-bond acceptors (Lipinski definition) is 7. The number of carbonyl (C=O) groups excluding carboxylic acids is 2. The standard InChI is InChI=1S/C24H31N5O5S/c1-5-34-28-23(30)18-13-25-21(24(31)26-16-8-9-16)12-19(18)27-20-10-14(2)17(15-6-7-15)11-22(20)29(3)35(4,32)33/h10-13,15-16H,5-9H2,1-4H3,(H,25,27)(H,26,31)(H,28,30). The molecule has 0 saturated heterocycles. The van der Waals surface area contributed by atoms with E-state index < -0.39 is 15.9 Å². The van der Waals surface area contributed by atoms with Gasteiger partial charge in [0.25, 0.3) is 11.8 Å². The second-order valence-corrected chi connectivity index (χ2v) is 11.1. The van der Waals surface area contributed by atoms with Crippen LogP contribution in [0.2, 0.25) is 0 Å². The lowest BCUT2D eigenvalue weighted by molar-refractivity contribution is 0.0365. The third kappa shape index (κ3) is 5.91. The van der Waals surface area contributed by atoms with Gasteiger partial charge in [-0.1, -0.05) is 0 Å². The van der Waals surface area contributed by atoms with Crippen molar-refractivity contribution in [3.63, 3.8) is 0 Å². The van der Waals surface area contributed by atoms with Gasteiger partial charge in [-0.2, -0.15) is 0 Å². The number of benzene rings is 1. The largest absolute Gasteiger partial charge is 0.353 e. The highest BCUT2D eigenvalue weighted by Gasteiger charge is 2.29. The summed E-state index contributed by atoms with van der Waals surface area (Å²) in [4.78, 5) is 34.6. The number of amides is 2. The summed E-state index contributed by atoms with van der Waals surface area (Å²) in [5.41, 5.74) is 6.02. The Balaban J connectivity index is 1.77. The number of anilines is 3. The Labute approximate surface area is 205 Å². The molecule has 4 rings (SSSR count). The molecule has 0 aliphatic heterocycles. The zero-order valence-corrected chi connectivity index (χ0v) is 21.2. The highest BCUT2D eigenvalue weighted by atomic mass is 32.2. The molecular formula is C24H31N5O5S. The third-order valence-corrected chi connectivity index (χ3v) is 7.30. The lowest BCUT2D eigenvalue weighted by Crippen LogP contribution is -2.28. The van der Waals surface area contributed by atoms with Crippen LogP contribution in [-0.2, 0) is 14.9 Å². The molecule has 2 saturated carbocycles. The minimum atomic E-state index is -3.55. The second kappa shape index (κ2) is 9.82. The van der Waals surface area contributed by atoms with Crippen LogP contribution in [0.3, 0.4) is 0 Å². The summed E-state index contributed by atoms with van der Waals surface area (Å²) in [5, 5.41) is 6.09. The Hall–Kier alpha value is -3.18. The van der Waals surface area contributed by atoms with Gasteiger partial charge in [-0.25, -0.2) is 13.9 Å². The first-order valence-electron chi connectivity index (χ1n) is 11.7. The molecule has 1 aromatic heterocycles. The Kier molecular flexibility index (Phi) is 7.00. The van der Waals surface area contributed by atoms with Crippen molar-refractivity contribution in [2.24, 2.45) is 0 Å². The topological polar surface area (TPSA) is 130 Å². The molecule has 2 amide bonds. The van der Waals surface area contributed by atoms with Gasteiger partial charge in [0.1, 0.15) is 5.69 Å². The van der Waals surface area contributed by atoms with Crippen molar-refractivity contribution in [1.82, 2.24) is 15.8 Å². The average molecular weight is 502 g/mol. The van der Waals surface area contributed by atoms with E-state index in [1.807, 2.05) is 19.1 Å². The van der Waals surface area contributed by atoms with Crippen LogP contribution in [0.15, 0.2) is 24.4 Å². The maximum Gasteiger partial charge on any atom is 0.278 e. The first-order chi connectivity index (χ1) is 16.6. The Morgan fingerprint density at radius 3 is 2.43 bits per heavy atom. The molecule has 35 heavy (non-hydrogen) atoms. The van der Waals surface area contributed by atoms with Crippen molar-refractivity contribution in [3.05, 3.63) is 46.8 Å². The van der Waals surface area contributed by atoms with Crippen LogP contribution in [0.25, 0.3) is 0 Å². The highest BCUT2D eigenvalue weighted by Crippen LogP contribution is 2.45. The van der Waals surface area contributed by atoms with E-state index in [0.29, 0.717) is 23.0 Å². The van der Waals surface area contributed by atoms with Crippen molar-refractivity contribution in [3.8, 4) is 0 Å². The molecule has 0 spiro atoms. The molecule has 2 fully saturated rings. The summed E-state index contributed by atoms with van der Waals surface area (Å²) < 4.78 is 26.0. The van der Waals surface area contributed by atoms with Gasteiger partial charge in [-0.05, 0) is 74.8 Å². The number of nitrogens with one attached hydrogen (secondary N) is 3. The minimum absolute atomic E-state index is 0.147. The molecule has 0 radical (unpaired) electrons. The summed E-state index contributed by atoms with van der Waals surface area (Å²) in [6.45, 7) is 3.99. The van der Waals surface area contributed by atoms with Gasteiger partial charge in [0.2, 0.25) is 10.0 Å². The van der Waals surface area contributed by atoms with Crippen LogP contribution in [0.5, 0.6) is 0 Å². The van der Waals surface area contributed by atoms with Crippen molar-refractivity contribution in [2.75, 3.05) is 29.5 Å². The van der Waals surface area contributed by atoms with E-state index in [1.54, 1.807) is 6.92 Å². The van der Waals surface area contributed by atoms with E-state index in [-0.39, 0.29) is 29.8 Å². The fourth-order valence-electron chi connectivity index (χ4n) is 3.77. The number of sulfonamides is 1. The number of hydrogen-bond donors (Lipinski definition) is 3. The van der Waals surface area contributed by atoms with Gasteiger partial charge in [-0.3, -0.25) is 23.7 Å². The van der Waals surface area contributed by atoms with Crippen LogP contribution in [0.4, 0.5) is 17.1 Å². The van der Waals surface area contributed by atoms with E-state index in [2.05, 4.69) is 21.1 Å². The molecule has 188 valence electrons. The Morgan fingerprint density at radius 1 is 1.11 bits per heavy atom. The lowest BCUT2D eigenvalue weighted by Gasteiger charge is -2.24. The third-order valence-electron chi connectivity index (χ3n) is 6.11. The summed E-state index contributed by atoms with van der Waals surface area (Å²) >= 11 is 0. The first kappa shape index (κ1) is 24.9. The first-order valence-corrected chi connectivity index (χ1v) is 13.5. The number of nitrogens with zero attached hydrogens (tertiary/aromatic N) is 2. The SMILES string of the molecule is CCONC(=O)c1cnc(C(=O)NC2CC2)cc1Nc1cc(C)c(C2CC2)cc1N(C)S(C)(=O)=O. The zero-order chi connectivity index (χ0) is 25.3. The van der Waals surface area contributed by atoms with E-state index in [4.69, 9.17) is 4.84 Å². The molecule has 10 nitrogen and oxygen atoms in total. The molecule has 0 unspecified atom stereocenters. The second-order valence-electron chi connectivity index (χ2n) is 9.08. The van der Waals surface area contributed by atoms with E-state index in [0.717, 1.165) is 43.1 Å². The molecule has 2 aromatic rings. The highest BCUT2D eigenvalue weighted by molar-refractivity contribution is 7.92. The maximum atomic E-state index is 12.8. The summed E-state index contributed by atoms with van der Waals surface area (Å²) in [5.74, 6) is -0.455. The van der Waals surface area contributed by atoms with Crippen molar-refractivity contribution < 1.29 is 22.8 Å². The van der Waals surface area contributed by atoms with Gasteiger partial charge in [0, 0.05) is 19.3 Å². The number of hydroxylamine groups is 1. The molecule has 0 bridgehead atoms. The van der Waals surface area contributed by atoms with Gasteiger partial charge >= 0.3 is 0 Å². The summed E-state index contributed by atoms with van der Waals surface area (Å²) in [6, 6.07) is 5.40. The molecule has 2 aliphatic rings. The van der Waals surface area contributed by atoms with Crippen LogP contribution in [0.1, 0.15) is 70.5 Å². The predicted molar refractivity (Wildman–Crippen MR) is 134 cm³/mol. The van der Waals surface area contributed by atoms with Crippen molar-refractivity contribution in [1.29, 1.82) is 0 Å². The summed E-state index contributed by atoms with van der Waals surface area (Å²) in [6.07, 6.45) is 6.45. The van der Waals surface area contributed by atoms with Crippen molar-refractivity contribution in [2.45, 2.75) is 51.5 Å². The van der Waals surface area contributed by atoms with Crippen LogP contribution >= 0.6 is 0 Å². The van der Waals surface area contributed by atoms with E-state index in [1.165, 1.54) is 23.6 Å². The quantitative estimate of drug-likeness (QED) is 0.427. The van der Waals surface area contributed by atoms with Gasteiger partial charge in [0.05, 0.1) is 35.5 Å². The number of carbonyl (C=O) groups is 2. The fourth-order valence-corrected chi connectivity index (χ4v) is 4.28. The van der Waals surface area contributed by atoms with E-state index in [9.17, 15) is 18.0 Å².